The summed E-state index contributed by atoms with van der Waals surface area (Å²) in [5.74, 6) is 1.26. The third-order valence-electron chi connectivity index (χ3n) is 3.64. The first-order chi connectivity index (χ1) is 11.3. The third kappa shape index (κ3) is 3.27. The Morgan fingerprint density at radius 3 is 2.57 bits per heavy atom. The smallest absolute Gasteiger partial charge is 0.162 e. The van der Waals surface area contributed by atoms with Crippen LogP contribution in [-0.2, 0) is 6.61 Å². The molecule has 23 heavy (non-hydrogen) atoms. The van der Waals surface area contributed by atoms with E-state index in [0.717, 1.165) is 5.56 Å². The lowest BCUT2D eigenvalue weighted by atomic mass is 10.1. The van der Waals surface area contributed by atoms with Crippen molar-refractivity contribution in [1.29, 1.82) is 5.26 Å². The summed E-state index contributed by atoms with van der Waals surface area (Å²) in [4.78, 5) is 0. The lowest BCUT2D eigenvalue weighted by molar-refractivity contribution is 0.270. The van der Waals surface area contributed by atoms with Gasteiger partial charge in [0, 0.05) is 6.07 Å². The summed E-state index contributed by atoms with van der Waals surface area (Å²) in [5.41, 5.74) is 1.68. The highest BCUT2D eigenvalue weighted by atomic mass is 16.5. The van der Waals surface area contributed by atoms with Crippen molar-refractivity contribution in [3.05, 3.63) is 71.8 Å². The largest absolute Gasteiger partial charge is 0.490 e. The van der Waals surface area contributed by atoms with E-state index in [2.05, 4.69) is 30.3 Å². The van der Waals surface area contributed by atoms with Gasteiger partial charge in [0.1, 0.15) is 6.61 Å². The molecule has 0 heterocycles. The molecule has 0 aliphatic carbocycles. The summed E-state index contributed by atoms with van der Waals surface area (Å²) >= 11 is 0. The molecule has 3 nitrogen and oxygen atoms in total. The molecule has 3 aromatic carbocycles. The van der Waals surface area contributed by atoms with Crippen LogP contribution in [0.25, 0.3) is 10.8 Å². The van der Waals surface area contributed by atoms with Crippen molar-refractivity contribution in [2.75, 3.05) is 6.61 Å². The van der Waals surface area contributed by atoms with Crippen molar-refractivity contribution < 1.29 is 9.47 Å². The zero-order valence-corrected chi connectivity index (χ0v) is 13.0. The average molecular weight is 303 g/mol. The normalized spacial score (nSPS) is 10.3. The minimum Gasteiger partial charge on any atom is -0.490 e. The van der Waals surface area contributed by atoms with Crippen molar-refractivity contribution in [2.45, 2.75) is 13.5 Å². The predicted molar refractivity (Wildman–Crippen MR) is 90.6 cm³/mol. The van der Waals surface area contributed by atoms with Gasteiger partial charge in [-0.3, -0.25) is 0 Å². The molecule has 0 saturated carbocycles. The lowest BCUT2D eigenvalue weighted by Gasteiger charge is -2.13. The van der Waals surface area contributed by atoms with Gasteiger partial charge in [0.2, 0.25) is 0 Å². The molecule has 3 heteroatoms. The topological polar surface area (TPSA) is 42.2 Å². The van der Waals surface area contributed by atoms with Crippen LogP contribution < -0.4 is 9.47 Å². The maximum Gasteiger partial charge on any atom is 0.162 e. The second-order valence-electron chi connectivity index (χ2n) is 5.13. The predicted octanol–water partition coefficient (Wildman–Crippen LogP) is 4.69. The molecule has 114 valence electrons. The lowest BCUT2D eigenvalue weighted by Crippen LogP contribution is -2.00. The molecule has 0 aliphatic rings. The van der Waals surface area contributed by atoms with Crippen LogP contribution in [0.1, 0.15) is 18.1 Å². The number of rotatable bonds is 5. The first kappa shape index (κ1) is 14.9. The van der Waals surface area contributed by atoms with E-state index in [9.17, 15) is 0 Å². The first-order valence-corrected chi connectivity index (χ1v) is 7.58. The Balaban J connectivity index is 1.86. The van der Waals surface area contributed by atoms with E-state index in [1.54, 1.807) is 18.2 Å². The number of nitrogens with zero attached hydrogens (tertiary/aromatic N) is 1. The van der Waals surface area contributed by atoms with Gasteiger partial charge in [-0.2, -0.15) is 5.26 Å². The number of ether oxygens (including phenoxy) is 2. The average Bonchev–Trinajstić information content (AvgIpc) is 2.61. The summed E-state index contributed by atoms with van der Waals surface area (Å²) in [6.07, 6.45) is 0. The Morgan fingerprint density at radius 1 is 0.913 bits per heavy atom. The van der Waals surface area contributed by atoms with Gasteiger partial charge in [-0.1, -0.05) is 42.5 Å². The molecule has 3 rings (SSSR count). The minimum absolute atomic E-state index is 0.452. The number of hydrogen-bond acceptors (Lipinski definition) is 3. The van der Waals surface area contributed by atoms with E-state index in [1.807, 2.05) is 25.1 Å². The zero-order chi connectivity index (χ0) is 16.1. The molecule has 0 radical (unpaired) electrons. The van der Waals surface area contributed by atoms with E-state index in [4.69, 9.17) is 14.7 Å². The molecular formula is C20H17NO2. The van der Waals surface area contributed by atoms with Crippen LogP contribution in [0.15, 0.2) is 60.7 Å². The Morgan fingerprint density at radius 2 is 1.74 bits per heavy atom. The van der Waals surface area contributed by atoms with Gasteiger partial charge in [0.05, 0.1) is 18.2 Å². The van der Waals surface area contributed by atoms with Gasteiger partial charge in [-0.15, -0.1) is 0 Å². The van der Waals surface area contributed by atoms with Gasteiger partial charge in [-0.05, 0) is 35.4 Å². The molecule has 0 spiro atoms. The first-order valence-electron chi connectivity index (χ1n) is 7.58. The molecule has 0 saturated heterocycles. The monoisotopic (exact) mass is 303 g/mol. The van der Waals surface area contributed by atoms with Crippen molar-refractivity contribution in [3.63, 3.8) is 0 Å². The summed E-state index contributed by atoms with van der Waals surface area (Å²) < 4.78 is 11.5. The highest BCUT2D eigenvalue weighted by molar-refractivity contribution is 5.85. The molecule has 0 aliphatic heterocycles. The van der Waals surface area contributed by atoms with E-state index in [1.165, 1.54) is 10.8 Å². The van der Waals surface area contributed by atoms with E-state index in [0.29, 0.717) is 30.3 Å². The fraction of sp³-hybridized carbons (Fsp3) is 0.150. The molecule has 0 N–H and O–H groups in total. The fourth-order valence-corrected chi connectivity index (χ4v) is 2.54. The van der Waals surface area contributed by atoms with Crippen molar-refractivity contribution >= 4 is 10.8 Å². The Kier molecular flexibility index (Phi) is 4.44. The Hall–Kier alpha value is -2.99. The molecule has 0 atom stereocenters. The summed E-state index contributed by atoms with van der Waals surface area (Å²) in [7, 11) is 0. The SMILES string of the molecule is CCOc1cc(C#N)ccc1OCc1cccc2ccccc12. The van der Waals surface area contributed by atoms with Gasteiger partial charge in [0.25, 0.3) is 0 Å². The van der Waals surface area contributed by atoms with E-state index >= 15 is 0 Å². The maximum absolute atomic E-state index is 9.00. The van der Waals surface area contributed by atoms with Crippen LogP contribution in [0, 0.1) is 11.3 Å². The summed E-state index contributed by atoms with van der Waals surface area (Å²) in [6.45, 7) is 2.89. The summed E-state index contributed by atoms with van der Waals surface area (Å²) in [5, 5.41) is 11.4. The molecule has 0 aromatic heterocycles. The molecule has 3 aromatic rings. The number of benzene rings is 3. The zero-order valence-electron chi connectivity index (χ0n) is 13.0. The van der Waals surface area contributed by atoms with Crippen LogP contribution in [0.4, 0.5) is 0 Å². The van der Waals surface area contributed by atoms with Gasteiger partial charge in [0.15, 0.2) is 11.5 Å². The molecular weight excluding hydrogens is 286 g/mol. The fourth-order valence-electron chi connectivity index (χ4n) is 2.54. The highest BCUT2D eigenvalue weighted by Gasteiger charge is 2.08. The summed E-state index contributed by atoms with van der Waals surface area (Å²) in [6, 6.07) is 21.8. The standard InChI is InChI=1S/C20H17NO2/c1-2-22-20-12-15(13-21)10-11-19(20)23-14-17-8-5-7-16-6-3-4-9-18(16)17/h3-12H,2,14H2,1H3. The van der Waals surface area contributed by atoms with Crippen LogP contribution in [0.3, 0.4) is 0 Å². The van der Waals surface area contributed by atoms with Crippen molar-refractivity contribution in [1.82, 2.24) is 0 Å². The van der Waals surface area contributed by atoms with Crippen molar-refractivity contribution in [3.8, 4) is 17.6 Å². The minimum atomic E-state index is 0.452. The number of hydrogen-bond donors (Lipinski definition) is 0. The third-order valence-corrected chi connectivity index (χ3v) is 3.64. The second-order valence-corrected chi connectivity index (χ2v) is 5.13. The van der Waals surface area contributed by atoms with E-state index < -0.39 is 0 Å². The Bertz CT molecular complexity index is 860. The maximum atomic E-state index is 9.00. The molecule has 0 unspecified atom stereocenters. The van der Waals surface area contributed by atoms with Crippen LogP contribution in [0.5, 0.6) is 11.5 Å². The molecule has 0 bridgehead atoms. The molecule has 0 fully saturated rings. The number of nitriles is 1. The quantitative estimate of drug-likeness (QED) is 0.686. The molecule has 0 amide bonds. The van der Waals surface area contributed by atoms with E-state index in [-0.39, 0.29) is 0 Å². The Labute approximate surface area is 135 Å². The van der Waals surface area contributed by atoms with Gasteiger partial charge >= 0.3 is 0 Å². The van der Waals surface area contributed by atoms with Crippen LogP contribution >= 0.6 is 0 Å². The highest BCUT2D eigenvalue weighted by Crippen LogP contribution is 2.30. The van der Waals surface area contributed by atoms with Crippen LogP contribution in [-0.4, -0.2) is 6.61 Å². The number of fused-ring (bicyclic) bond motifs is 1. The van der Waals surface area contributed by atoms with Gasteiger partial charge < -0.3 is 9.47 Å². The van der Waals surface area contributed by atoms with Gasteiger partial charge in [-0.25, -0.2) is 0 Å². The van der Waals surface area contributed by atoms with Crippen LogP contribution in [0.2, 0.25) is 0 Å². The van der Waals surface area contributed by atoms with Crippen molar-refractivity contribution in [2.24, 2.45) is 0 Å². The second kappa shape index (κ2) is 6.85.